The third-order valence-corrected chi connectivity index (χ3v) is 9.24. The van der Waals surface area contributed by atoms with E-state index in [0.29, 0.717) is 25.7 Å². The van der Waals surface area contributed by atoms with E-state index in [1.165, 1.54) is 19.3 Å². The molecule has 0 aromatic rings. The normalized spacial score (nSPS) is 15.4. The molecule has 0 fully saturated rings. The molecule has 0 aliphatic heterocycles. The number of carbonyl (C=O) groups excluding carboxylic acids is 2. The number of aliphatic hydroxyl groups excluding tert-OH is 1. The quantitative estimate of drug-likeness (QED) is 0.0151. The number of allylic oxidation sites excluding steroid dienone is 18. The van der Waals surface area contributed by atoms with Crippen molar-refractivity contribution in [2.75, 3.05) is 19.8 Å². The van der Waals surface area contributed by atoms with Gasteiger partial charge < -0.3 is 30.3 Å². The Hall–Kier alpha value is -4.16. The maximum Gasteiger partial charge on any atom is 0.472 e. The molecule has 2 unspecified atom stereocenters. The van der Waals surface area contributed by atoms with Gasteiger partial charge in [0.05, 0.1) is 19.3 Å². The molecular formula is C48H74NO11P. The molecule has 0 rings (SSSR count). The summed E-state index contributed by atoms with van der Waals surface area (Å²) in [5.74, 6) is -2.67. The van der Waals surface area contributed by atoms with Crippen molar-refractivity contribution in [1.29, 1.82) is 0 Å². The van der Waals surface area contributed by atoms with Crippen molar-refractivity contribution in [3.8, 4) is 0 Å². The van der Waals surface area contributed by atoms with Crippen LogP contribution in [0.25, 0.3) is 0 Å². The molecule has 0 aliphatic rings. The molecule has 5 N–H and O–H groups in total. The number of carbonyl (C=O) groups is 3. The zero-order chi connectivity index (χ0) is 45.1. The molecule has 342 valence electrons. The number of rotatable bonds is 38. The Morgan fingerprint density at radius 1 is 0.607 bits per heavy atom. The molecule has 0 amide bonds. The van der Waals surface area contributed by atoms with Gasteiger partial charge in [0.15, 0.2) is 6.10 Å². The van der Waals surface area contributed by atoms with Crippen LogP contribution in [0, 0.1) is 0 Å². The molecule has 0 bridgehead atoms. The number of nitrogens with two attached hydrogens (primary N) is 1. The summed E-state index contributed by atoms with van der Waals surface area (Å²) in [6.45, 7) is 2.39. The minimum absolute atomic E-state index is 0.00430. The molecule has 13 heteroatoms. The fourth-order valence-corrected chi connectivity index (χ4v) is 5.65. The summed E-state index contributed by atoms with van der Waals surface area (Å²) in [6.07, 6.45) is 51.6. The lowest BCUT2D eigenvalue weighted by Crippen LogP contribution is -2.34. The van der Waals surface area contributed by atoms with E-state index >= 15 is 0 Å². The number of unbranched alkanes of at least 4 members (excludes halogenated alkanes) is 4. The second-order valence-electron chi connectivity index (χ2n) is 13.9. The average Bonchev–Trinajstić information content (AvgIpc) is 3.23. The second kappa shape index (κ2) is 41.2. The Bertz CT molecular complexity index is 1510. The van der Waals surface area contributed by atoms with Crippen LogP contribution in [0.15, 0.2) is 122 Å². The summed E-state index contributed by atoms with van der Waals surface area (Å²) in [5, 5.41) is 19.1. The molecule has 0 radical (unpaired) electrons. The van der Waals surface area contributed by atoms with Gasteiger partial charge in [-0.05, 0) is 83.5 Å². The first-order valence-corrected chi connectivity index (χ1v) is 23.2. The summed E-state index contributed by atoms with van der Waals surface area (Å²) >= 11 is 0. The molecule has 12 nitrogen and oxygen atoms in total. The van der Waals surface area contributed by atoms with Gasteiger partial charge in [0, 0.05) is 12.8 Å². The Morgan fingerprint density at radius 2 is 1.13 bits per heavy atom. The predicted molar refractivity (Wildman–Crippen MR) is 245 cm³/mol. The van der Waals surface area contributed by atoms with E-state index < -0.39 is 63.8 Å². The Balaban J connectivity index is 4.70. The number of hydrogen-bond acceptors (Lipinski definition) is 10. The summed E-state index contributed by atoms with van der Waals surface area (Å²) in [7, 11) is -4.78. The zero-order valence-electron chi connectivity index (χ0n) is 36.6. The third kappa shape index (κ3) is 41.0. The van der Waals surface area contributed by atoms with Gasteiger partial charge in [0.1, 0.15) is 12.6 Å². The number of aliphatic hydroxyl groups is 1. The van der Waals surface area contributed by atoms with Gasteiger partial charge in [-0.2, -0.15) is 0 Å². The zero-order valence-corrected chi connectivity index (χ0v) is 37.4. The minimum atomic E-state index is -4.78. The number of phosphoric ester groups is 1. The Morgan fingerprint density at radius 3 is 1.70 bits per heavy atom. The van der Waals surface area contributed by atoms with Crippen molar-refractivity contribution in [1.82, 2.24) is 0 Å². The molecule has 4 atom stereocenters. The average molecular weight is 872 g/mol. The first-order chi connectivity index (χ1) is 29.5. The van der Waals surface area contributed by atoms with Crippen LogP contribution in [0.3, 0.4) is 0 Å². The van der Waals surface area contributed by atoms with Crippen LogP contribution in [0.2, 0.25) is 0 Å². The lowest BCUT2D eigenvalue weighted by molar-refractivity contribution is -0.161. The largest absolute Gasteiger partial charge is 0.480 e. The van der Waals surface area contributed by atoms with Gasteiger partial charge in [0.25, 0.3) is 0 Å². The van der Waals surface area contributed by atoms with E-state index in [9.17, 15) is 28.9 Å². The lowest BCUT2D eigenvalue weighted by Gasteiger charge is -2.20. The van der Waals surface area contributed by atoms with Crippen LogP contribution in [0.1, 0.15) is 123 Å². The molecule has 0 aromatic carbocycles. The predicted octanol–water partition coefficient (Wildman–Crippen LogP) is 10.6. The van der Waals surface area contributed by atoms with Crippen LogP contribution in [0.4, 0.5) is 0 Å². The highest BCUT2D eigenvalue weighted by Gasteiger charge is 2.28. The van der Waals surface area contributed by atoms with E-state index in [-0.39, 0.29) is 12.8 Å². The fraction of sp³-hybridized carbons (Fsp3) is 0.521. The molecule has 0 spiro atoms. The highest BCUT2D eigenvalue weighted by molar-refractivity contribution is 7.47. The molecule has 0 aromatic heterocycles. The number of carboxylic acids is 1. The van der Waals surface area contributed by atoms with E-state index in [2.05, 4.69) is 91.3 Å². The standard InChI is InChI=1S/C48H74NO11P/c1-3-5-7-9-11-13-15-17-18-19-20-22-24-26-28-30-34-39-47(52)60-44(41-58-61(55,56)59-42-45(49)48(53)54)40-57-46(51)38-35-31-33-37-43(50)36-32-29-27-25-23-21-16-14-12-10-8-6-4-2/h6,8,11-14,17-18,20-23,26-29,31-33,36,43-45,50H,3-5,7,9-10,15-16,19,24-25,30,34-35,37-42,49H2,1-2H3,(H,53,54)(H,55,56)/b8-6-,13-11-,14-12-,18-17-,22-20-,23-21-,28-26-,29-27-,33-31-,36-32-/t43?,44-,45+/m1/s1. The topological polar surface area (TPSA) is 192 Å². The van der Waals surface area contributed by atoms with Gasteiger partial charge in [-0.15, -0.1) is 0 Å². The summed E-state index contributed by atoms with van der Waals surface area (Å²) < 4.78 is 32.5. The van der Waals surface area contributed by atoms with Crippen molar-refractivity contribution < 1.29 is 52.6 Å². The Labute approximate surface area is 365 Å². The monoisotopic (exact) mass is 871 g/mol. The molecule has 0 heterocycles. The van der Waals surface area contributed by atoms with Crippen molar-refractivity contribution in [3.05, 3.63) is 122 Å². The molecular weight excluding hydrogens is 797 g/mol. The first-order valence-electron chi connectivity index (χ1n) is 21.7. The third-order valence-electron chi connectivity index (χ3n) is 8.29. The smallest absolute Gasteiger partial charge is 0.472 e. The van der Waals surface area contributed by atoms with E-state index in [1.54, 1.807) is 24.3 Å². The van der Waals surface area contributed by atoms with E-state index in [4.69, 9.17) is 24.8 Å². The van der Waals surface area contributed by atoms with Crippen molar-refractivity contribution in [2.45, 2.75) is 141 Å². The number of esters is 2. The molecule has 0 saturated heterocycles. The number of ether oxygens (including phenoxy) is 2. The van der Waals surface area contributed by atoms with Gasteiger partial charge in [-0.25, -0.2) is 4.57 Å². The number of carboxylic acid groups (broad SMARTS) is 1. The van der Waals surface area contributed by atoms with Crippen LogP contribution >= 0.6 is 7.82 Å². The fourth-order valence-electron chi connectivity index (χ4n) is 4.87. The van der Waals surface area contributed by atoms with Crippen molar-refractivity contribution >= 4 is 25.7 Å². The van der Waals surface area contributed by atoms with Crippen LogP contribution in [-0.4, -0.2) is 71.1 Å². The van der Waals surface area contributed by atoms with Crippen LogP contribution < -0.4 is 5.73 Å². The summed E-state index contributed by atoms with van der Waals surface area (Å²) in [6, 6.07) is -1.56. The number of hydrogen-bond donors (Lipinski definition) is 4. The van der Waals surface area contributed by atoms with Crippen LogP contribution in [0.5, 0.6) is 0 Å². The Kier molecular flexibility index (Phi) is 38.4. The second-order valence-corrected chi connectivity index (χ2v) is 15.4. The lowest BCUT2D eigenvalue weighted by atomic mass is 10.2. The van der Waals surface area contributed by atoms with Gasteiger partial charge in [-0.3, -0.25) is 23.4 Å². The maximum atomic E-state index is 12.6. The molecule has 0 aliphatic carbocycles. The summed E-state index contributed by atoms with van der Waals surface area (Å²) in [5.41, 5.74) is 5.32. The number of phosphoric acid groups is 1. The van der Waals surface area contributed by atoms with Gasteiger partial charge in [0.2, 0.25) is 0 Å². The van der Waals surface area contributed by atoms with E-state index in [1.807, 2.05) is 24.3 Å². The number of aliphatic carboxylic acids is 1. The van der Waals surface area contributed by atoms with Gasteiger partial charge >= 0.3 is 25.7 Å². The summed E-state index contributed by atoms with van der Waals surface area (Å²) in [4.78, 5) is 45.9. The van der Waals surface area contributed by atoms with Crippen LogP contribution in [-0.2, 0) is 37.5 Å². The van der Waals surface area contributed by atoms with E-state index in [0.717, 1.165) is 51.4 Å². The van der Waals surface area contributed by atoms with Crippen molar-refractivity contribution in [3.63, 3.8) is 0 Å². The van der Waals surface area contributed by atoms with Crippen molar-refractivity contribution in [2.24, 2.45) is 5.73 Å². The highest BCUT2D eigenvalue weighted by Crippen LogP contribution is 2.43. The minimum Gasteiger partial charge on any atom is -0.480 e. The SMILES string of the molecule is CC/C=C\C/C=C\C/C=C\C/C=C\C=C/C(O)C/C=C\CCC(=O)OC[C@H](COP(=O)(O)OC[C@H](N)C(=O)O)OC(=O)CCC/C=C\C/C=C\C/C=C\C/C=C\CCCCC. The maximum absolute atomic E-state index is 12.6. The molecule has 0 saturated carbocycles. The van der Waals surface area contributed by atoms with Gasteiger partial charge in [-0.1, -0.05) is 148 Å². The molecule has 61 heavy (non-hydrogen) atoms. The first kappa shape index (κ1) is 56.8. The highest BCUT2D eigenvalue weighted by atomic mass is 31.2.